The van der Waals surface area contributed by atoms with Crippen molar-refractivity contribution in [2.45, 2.75) is 38.3 Å². The molecule has 1 aromatic carbocycles. The first-order chi connectivity index (χ1) is 11.5. The van der Waals surface area contributed by atoms with Crippen LogP contribution in [0.5, 0.6) is 0 Å². The van der Waals surface area contributed by atoms with Crippen LogP contribution in [0.1, 0.15) is 31.2 Å². The molecule has 1 saturated carbocycles. The van der Waals surface area contributed by atoms with Crippen molar-refractivity contribution >= 4 is 24.2 Å². The van der Waals surface area contributed by atoms with Gasteiger partial charge in [0.15, 0.2) is 0 Å². The molecular weight excluding hydrogens is 345 g/mol. The van der Waals surface area contributed by atoms with E-state index in [1.807, 2.05) is 0 Å². The SMILES string of the molecule is Cl.NC1CCCC(C(=O)N2CCN(Cc3cccc(F)c3)C(=O)C2)C1. The number of nitrogens with two attached hydrogens (primary N) is 1. The van der Waals surface area contributed by atoms with E-state index >= 15 is 0 Å². The van der Waals surface area contributed by atoms with Crippen LogP contribution in [0, 0.1) is 11.7 Å². The van der Waals surface area contributed by atoms with Crippen LogP contribution in [0.4, 0.5) is 4.39 Å². The number of hydrogen-bond acceptors (Lipinski definition) is 3. The molecule has 5 nitrogen and oxygen atoms in total. The smallest absolute Gasteiger partial charge is 0.242 e. The van der Waals surface area contributed by atoms with Gasteiger partial charge in [-0.2, -0.15) is 0 Å². The molecule has 2 unspecified atom stereocenters. The van der Waals surface area contributed by atoms with Gasteiger partial charge in [-0.25, -0.2) is 4.39 Å². The highest BCUT2D eigenvalue weighted by Gasteiger charge is 2.33. The number of carbonyl (C=O) groups is 2. The Kier molecular flexibility index (Phi) is 6.79. The van der Waals surface area contributed by atoms with Crippen LogP contribution in [0.15, 0.2) is 24.3 Å². The van der Waals surface area contributed by atoms with Crippen molar-refractivity contribution in [2.24, 2.45) is 11.7 Å². The number of halogens is 2. The van der Waals surface area contributed by atoms with Crippen LogP contribution >= 0.6 is 12.4 Å². The van der Waals surface area contributed by atoms with Gasteiger partial charge in [-0.05, 0) is 37.0 Å². The summed E-state index contributed by atoms with van der Waals surface area (Å²) in [6.45, 7) is 1.51. The van der Waals surface area contributed by atoms with E-state index in [0.717, 1.165) is 31.2 Å². The van der Waals surface area contributed by atoms with E-state index in [2.05, 4.69) is 0 Å². The lowest BCUT2D eigenvalue weighted by Gasteiger charge is -2.37. The summed E-state index contributed by atoms with van der Waals surface area (Å²) in [5, 5.41) is 0. The second-order valence-corrected chi connectivity index (χ2v) is 6.83. The Morgan fingerprint density at radius 3 is 2.76 bits per heavy atom. The molecule has 0 bridgehead atoms. The number of rotatable bonds is 3. The summed E-state index contributed by atoms with van der Waals surface area (Å²) in [5.41, 5.74) is 6.73. The molecule has 1 saturated heterocycles. The number of nitrogens with zero attached hydrogens (tertiary/aromatic N) is 2. The second kappa shape index (κ2) is 8.63. The van der Waals surface area contributed by atoms with E-state index < -0.39 is 0 Å². The Bertz CT molecular complexity index is 628. The molecule has 25 heavy (non-hydrogen) atoms. The molecule has 1 aliphatic carbocycles. The quantitative estimate of drug-likeness (QED) is 0.885. The minimum Gasteiger partial charge on any atom is -0.335 e. The summed E-state index contributed by atoms with van der Waals surface area (Å²) in [4.78, 5) is 28.3. The molecule has 1 aliphatic heterocycles. The van der Waals surface area contributed by atoms with Gasteiger partial charge >= 0.3 is 0 Å². The topological polar surface area (TPSA) is 66.6 Å². The standard InChI is InChI=1S/C18H24FN3O2.ClH/c19-15-5-1-3-13(9-15)11-21-7-8-22(12-17(21)23)18(24)14-4-2-6-16(20)10-14;/h1,3,5,9,14,16H,2,4,6-8,10-12,20H2;1H. The van der Waals surface area contributed by atoms with Gasteiger partial charge in [0.05, 0.1) is 6.54 Å². The molecule has 1 aromatic rings. The maximum Gasteiger partial charge on any atom is 0.242 e. The first kappa shape index (κ1) is 19.7. The minimum absolute atomic E-state index is 0. The zero-order valence-electron chi connectivity index (χ0n) is 14.2. The monoisotopic (exact) mass is 369 g/mol. The molecule has 2 aliphatic rings. The number of benzene rings is 1. The molecule has 7 heteroatoms. The van der Waals surface area contributed by atoms with E-state index in [1.54, 1.807) is 21.9 Å². The van der Waals surface area contributed by atoms with Crippen molar-refractivity contribution in [3.8, 4) is 0 Å². The molecule has 2 fully saturated rings. The number of piperazine rings is 1. The van der Waals surface area contributed by atoms with E-state index in [-0.39, 0.29) is 48.5 Å². The highest BCUT2D eigenvalue weighted by atomic mass is 35.5. The van der Waals surface area contributed by atoms with Crippen LogP contribution < -0.4 is 5.73 Å². The molecule has 2 atom stereocenters. The molecular formula is C18H25ClFN3O2. The van der Waals surface area contributed by atoms with E-state index in [4.69, 9.17) is 5.73 Å². The Morgan fingerprint density at radius 2 is 2.08 bits per heavy atom. The van der Waals surface area contributed by atoms with Crippen molar-refractivity contribution in [1.29, 1.82) is 0 Å². The molecule has 2 amide bonds. The Morgan fingerprint density at radius 1 is 1.28 bits per heavy atom. The third kappa shape index (κ3) is 4.92. The average Bonchev–Trinajstić information content (AvgIpc) is 2.56. The molecule has 0 spiro atoms. The van der Waals surface area contributed by atoms with Gasteiger partial charge in [0.25, 0.3) is 0 Å². The normalized spacial score (nSPS) is 24.0. The van der Waals surface area contributed by atoms with E-state index in [1.165, 1.54) is 12.1 Å². The average molecular weight is 370 g/mol. The first-order valence-electron chi connectivity index (χ1n) is 8.59. The van der Waals surface area contributed by atoms with Gasteiger partial charge in [0.2, 0.25) is 11.8 Å². The summed E-state index contributed by atoms with van der Waals surface area (Å²) < 4.78 is 13.3. The lowest BCUT2D eigenvalue weighted by atomic mass is 9.85. The van der Waals surface area contributed by atoms with Gasteiger partial charge in [0.1, 0.15) is 5.82 Å². The van der Waals surface area contributed by atoms with Gasteiger partial charge < -0.3 is 15.5 Å². The lowest BCUT2D eigenvalue weighted by molar-refractivity contribution is -0.148. The number of amides is 2. The second-order valence-electron chi connectivity index (χ2n) is 6.83. The van der Waals surface area contributed by atoms with Crippen LogP contribution in [-0.4, -0.2) is 47.3 Å². The third-order valence-electron chi connectivity index (χ3n) is 4.96. The largest absolute Gasteiger partial charge is 0.335 e. The first-order valence-corrected chi connectivity index (χ1v) is 8.59. The van der Waals surface area contributed by atoms with Crippen LogP contribution in [0.25, 0.3) is 0 Å². The molecule has 138 valence electrons. The van der Waals surface area contributed by atoms with E-state index in [0.29, 0.717) is 19.6 Å². The maximum absolute atomic E-state index is 13.3. The van der Waals surface area contributed by atoms with E-state index in [9.17, 15) is 14.0 Å². The van der Waals surface area contributed by atoms with Crippen molar-refractivity contribution in [3.05, 3.63) is 35.6 Å². The van der Waals surface area contributed by atoms with Crippen LogP contribution in [0.3, 0.4) is 0 Å². The summed E-state index contributed by atoms with van der Waals surface area (Å²) in [6.07, 6.45) is 3.54. The predicted octanol–water partition coefficient (Wildman–Crippen LogP) is 1.94. The predicted molar refractivity (Wildman–Crippen MR) is 95.6 cm³/mol. The number of carbonyl (C=O) groups excluding carboxylic acids is 2. The van der Waals surface area contributed by atoms with Crippen LogP contribution in [-0.2, 0) is 16.1 Å². The summed E-state index contributed by atoms with van der Waals surface area (Å²) in [7, 11) is 0. The molecule has 3 rings (SSSR count). The Labute approximate surface area is 153 Å². The lowest BCUT2D eigenvalue weighted by Crippen LogP contribution is -2.53. The third-order valence-corrected chi connectivity index (χ3v) is 4.96. The summed E-state index contributed by atoms with van der Waals surface area (Å²) >= 11 is 0. The molecule has 1 heterocycles. The van der Waals surface area contributed by atoms with Gasteiger partial charge in [-0.15, -0.1) is 12.4 Å². The van der Waals surface area contributed by atoms with Gasteiger partial charge in [-0.1, -0.05) is 18.6 Å². The Hall–Kier alpha value is -1.66. The van der Waals surface area contributed by atoms with Crippen LogP contribution in [0.2, 0.25) is 0 Å². The van der Waals surface area contributed by atoms with Crippen molar-refractivity contribution in [1.82, 2.24) is 9.80 Å². The maximum atomic E-state index is 13.3. The highest BCUT2D eigenvalue weighted by molar-refractivity contribution is 5.87. The fourth-order valence-corrected chi connectivity index (χ4v) is 3.63. The van der Waals surface area contributed by atoms with Crippen molar-refractivity contribution in [2.75, 3.05) is 19.6 Å². The summed E-state index contributed by atoms with van der Waals surface area (Å²) in [6, 6.07) is 6.36. The van der Waals surface area contributed by atoms with Crippen molar-refractivity contribution in [3.63, 3.8) is 0 Å². The molecule has 0 aromatic heterocycles. The zero-order chi connectivity index (χ0) is 17.1. The highest BCUT2D eigenvalue weighted by Crippen LogP contribution is 2.25. The molecule has 0 radical (unpaired) electrons. The fourth-order valence-electron chi connectivity index (χ4n) is 3.63. The Balaban J connectivity index is 0.00000225. The minimum atomic E-state index is -0.303. The fraction of sp³-hybridized carbons (Fsp3) is 0.556. The van der Waals surface area contributed by atoms with Gasteiger partial charge in [0, 0.05) is 31.6 Å². The molecule has 2 N–H and O–H groups in total. The van der Waals surface area contributed by atoms with Crippen molar-refractivity contribution < 1.29 is 14.0 Å². The van der Waals surface area contributed by atoms with Gasteiger partial charge in [-0.3, -0.25) is 9.59 Å². The number of hydrogen-bond donors (Lipinski definition) is 1. The zero-order valence-corrected chi connectivity index (χ0v) is 15.0. The summed E-state index contributed by atoms with van der Waals surface area (Å²) in [5.74, 6) is -0.374.